The first-order chi connectivity index (χ1) is 7.61. The maximum absolute atomic E-state index is 8.49. The van der Waals surface area contributed by atoms with E-state index >= 15 is 0 Å². The Bertz CT molecular complexity index is 304. The zero-order valence-corrected chi connectivity index (χ0v) is 11.1. The van der Waals surface area contributed by atoms with Crippen molar-refractivity contribution in [2.24, 2.45) is 0 Å². The SMILES string of the molecule is CC(C)c1cccc(C(C)C)[o+]1.[O-][Cl+3]([O-])([O-])[O-]. The fourth-order valence-corrected chi connectivity index (χ4v) is 1.06. The molecule has 0 saturated carbocycles. The van der Waals surface area contributed by atoms with Gasteiger partial charge in [-0.05, 0) is 6.07 Å². The molecule has 1 aromatic rings. The first kappa shape index (κ1) is 16.3. The van der Waals surface area contributed by atoms with E-state index in [2.05, 4.69) is 33.8 Å². The molecule has 0 radical (unpaired) electrons. The van der Waals surface area contributed by atoms with Crippen molar-refractivity contribution < 1.29 is 33.3 Å². The van der Waals surface area contributed by atoms with Gasteiger partial charge in [-0.1, -0.05) is 27.7 Å². The first-order valence-corrected chi connectivity index (χ1v) is 6.39. The van der Waals surface area contributed by atoms with Gasteiger partial charge in [0, 0.05) is 12.1 Å². The lowest BCUT2D eigenvalue weighted by atomic mass is 10.1. The zero-order valence-electron chi connectivity index (χ0n) is 10.3. The van der Waals surface area contributed by atoms with Gasteiger partial charge in [0.1, 0.15) is 0 Å². The molecule has 0 saturated heterocycles. The molecule has 0 aliphatic carbocycles. The Balaban J connectivity index is 0.000000437. The highest BCUT2D eigenvalue weighted by Gasteiger charge is 2.17. The van der Waals surface area contributed by atoms with Gasteiger partial charge in [-0.15, -0.1) is 10.2 Å². The van der Waals surface area contributed by atoms with E-state index in [-0.39, 0.29) is 0 Å². The monoisotopic (exact) mass is 264 g/mol. The summed E-state index contributed by atoms with van der Waals surface area (Å²) in [5.41, 5.74) is 0. The molecule has 1 aromatic heterocycles. The summed E-state index contributed by atoms with van der Waals surface area (Å²) >= 11 is 0. The van der Waals surface area contributed by atoms with Crippen molar-refractivity contribution in [1.82, 2.24) is 0 Å². The molecule has 1 heterocycles. The summed E-state index contributed by atoms with van der Waals surface area (Å²) in [6.07, 6.45) is 0. The Hall–Kier alpha value is -0.720. The summed E-state index contributed by atoms with van der Waals surface area (Å²) in [7, 11) is -4.94. The van der Waals surface area contributed by atoms with Crippen LogP contribution in [0.1, 0.15) is 51.1 Å². The lowest BCUT2D eigenvalue weighted by molar-refractivity contribution is -2.00. The van der Waals surface area contributed by atoms with Crippen molar-refractivity contribution in [3.05, 3.63) is 29.7 Å². The van der Waals surface area contributed by atoms with Crippen LogP contribution in [0.25, 0.3) is 0 Å². The Morgan fingerprint density at radius 2 is 1.18 bits per heavy atom. The fourth-order valence-electron chi connectivity index (χ4n) is 1.06. The second kappa shape index (κ2) is 6.88. The van der Waals surface area contributed by atoms with Gasteiger partial charge < -0.3 is 0 Å². The Kier molecular flexibility index (Phi) is 6.59. The Labute approximate surface area is 103 Å². The molecule has 0 atom stereocenters. The summed E-state index contributed by atoms with van der Waals surface area (Å²) in [6.45, 7) is 8.57. The maximum atomic E-state index is 8.49. The van der Waals surface area contributed by atoms with Crippen molar-refractivity contribution in [1.29, 1.82) is 0 Å². The summed E-state index contributed by atoms with van der Waals surface area (Å²) < 4.78 is 39.7. The topological polar surface area (TPSA) is 104 Å². The number of hydrogen-bond acceptors (Lipinski definition) is 4. The maximum Gasteiger partial charge on any atom is 0.331 e. The zero-order chi connectivity index (χ0) is 13.6. The van der Waals surface area contributed by atoms with Gasteiger partial charge >= 0.3 is 11.5 Å². The molecule has 0 spiro atoms. The molecular formula is C11H17ClO5. The summed E-state index contributed by atoms with van der Waals surface area (Å²) in [5, 5.41) is 0. The minimum absolute atomic E-state index is 0.476. The average Bonchev–Trinajstić information content (AvgIpc) is 2.15. The van der Waals surface area contributed by atoms with E-state index in [1.54, 1.807) is 0 Å². The largest absolute Gasteiger partial charge is 0.331 e. The standard InChI is InChI=1S/C11H17O.ClHO4/c1-8(2)10-6-5-7-11(12-10)9(3)4;2-1(3,4)5/h5-9H,1-4H3;(H,2,3,4,5)/q+1;/p-1. The Morgan fingerprint density at radius 3 is 1.41 bits per heavy atom. The van der Waals surface area contributed by atoms with Crippen molar-refractivity contribution >= 4 is 0 Å². The van der Waals surface area contributed by atoms with Crippen LogP contribution < -0.4 is 18.6 Å². The highest BCUT2D eigenvalue weighted by Crippen LogP contribution is 2.20. The quantitative estimate of drug-likeness (QED) is 0.641. The van der Waals surface area contributed by atoms with Crippen LogP contribution in [0.3, 0.4) is 0 Å². The molecule has 0 fully saturated rings. The van der Waals surface area contributed by atoms with Gasteiger partial charge in [0.2, 0.25) is 0 Å². The van der Waals surface area contributed by atoms with E-state index in [1.165, 1.54) is 0 Å². The molecule has 98 valence electrons. The highest BCUT2D eigenvalue weighted by molar-refractivity contribution is 5.10. The van der Waals surface area contributed by atoms with Crippen LogP contribution in [0.4, 0.5) is 0 Å². The lowest BCUT2D eigenvalue weighted by Crippen LogP contribution is -2.68. The highest BCUT2D eigenvalue weighted by atomic mass is 35.7. The van der Waals surface area contributed by atoms with Crippen LogP contribution in [-0.2, 0) is 0 Å². The predicted molar refractivity (Wildman–Crippen MR) is 51.3 cm³/mol. The molecule has 0 N–H and O–H groups in total. The average molecular weight is 265 g/mol. The smallest absolute Gasteiger partial charge is 0.222 e. The summed E-state index contributed by atoms with van der Waals surface area (Å²) in [5.74, 6) is 3.09. The fraction of sp³-hybridized carbons (Fsp3) is 0.545. The van der Waals surface area contributed by atoms with Gasteiger partial charge in [0.05, 0.1) is 11.8 Å². The van der Waals surface area contributed by atoms with E-state index in [1.807, 2.05) is 12.1 Å². The van der Waals surface area contributed by atoms with E-state index in [9.17, 15) is 0 Å². The second-order valence-electron chi connectivity index (χ2n) is 4.12. The van der Waals surface area contributed by atoms with Crippen LogP contribution in [0, 0.1) is 10.2 Å². The van der Waals surface area contributed by atoms with Crippen molar-refractivity contribution in [2.45, 2.75) is 39.5 Å². The van der Waals surface area contributed by atoms with Gasteiger partial charge in [-0.2, -0.15) is 0 Å². The van der Waals surface area contributed by atoms with E-state index in [0.717, 1.165) is 11.5 Å². The van der Waals surface area contributed by atoms with Crippen LogP contribution >= 0.6 is 0 Å². The summed E-state index contributed by atoms with van der Waals surface area (Å²) in [6, 6.07) is 6.14. The summed E-state index contributed by atoms with van der Waals surface area (Å²) in [4.78, 5) is 0. The van der Waals surface area contributed by atoms with E-state index in [0.29, 0.717) is 11.8 Å². The molecule has 0 aromatic carbocycles. The van der Waals surface area contributed by atoms with Crippen LogP contribution in [0.15, 0.2) is 22.6 Å². The van der Waals surface area contributed by atoms with Gasteiger partial charge in [0.15, 0.2) is 0 Å². The molecule has 0 aliphatic heterocycles. The predicted octanol–water partition coefficient (Wildman–Crippen LogP) is -0.948. The Morgan fingerprint density at radius 1 is 0.882 bits per heavy atom. The molecule has 6 heteroatoms. The van der Waals surface area contributed by atoms with Crippen LogP contribution in [-0.4, -0.2) is 0 Å². The van der Waals surface area contributed by atoms with Crippen LogP contribution in [0.2, 0.25) is 0 Å². The van der Waals surface area contributed by atoms with Crippen molar-refractivity contribution in [3.63, 3.8) is 0 Å². The molecule has 0 unspecified atom stereocenters. The molecule has 17 heavy (non-hydrogen) atoms. The van der Waals surface area contributed by atoms with Gasteiger partial charge in [-0.25, -0.2) is 23.1 Å². The molecule has 5 nitrogen and oxygen atoms in total. The van der Waals surface area contributed by atoms with E-state index in [4.69, 9.17) is 23.1 Å². The van der Waals surface area contributed by atoms with Gasteiger partial charge in [-0.3, -0.25) is 0 Å². The lowest BCUT2D eigenvalue weighted by Gasteiger charge is -2.17. The molecule has 0 aliphatic rings. The third kappa shape index (κ3) is 9.02. The number of hydrogen-bond donors (Lipinski definition) is 0. The second-order valence-corrected chi connectivity index (χ2v) is 4.88. The third-order valence-corrected chi connectivity index (χ3v) is 1.89. The van der Waals surface area contributed by atoms with Crippen molar-refractivity contribution in [2.75, 3.05) is 0 Å². The van der Waals surface area contributed by atoms with Gasteiger partial charge in [0.25, 0.3) is 0 Å². The molecule has 0 bridgehead atoms. The molecule has 1 rings (SSSR count). The van der Waals surface area contributed by atoms with E-state index < -0.39 is 10.2 Å². The minimum atomic E-state index is -4.94. The number of halogens is 1. The normalized spacial score (nSPS) is 11.4. The molecule has 0 amide bonds. The molecular weight excluding hydrogens is 248 g/mol. The first-order valence-electron chi connectivity index (χ1n) is 5.16. The third-order valence-electron chi connectivity index (χ3n) is 1.89. The van der Waals surface area contributed by atoms with Crippen molar-refractivity contribution in [3.8, 4) is 0 Å². The number of rotatable bonds is 2. The minimum Gasteiger partial charge on any atom is -0.222 e. The van der Waals surface area contributed by atoms with Crippen LogP contribution in [0.5, 0.6) is 0 Å².